The third-order valence-corrected chi connectivity index (χ3v) is 1.93. The summed E-state index contributed by atoms with van der Waals surface area (Å²) < 4.78 is 13.5. The van der Waals surface area contributed by atoms with Crippen LogP contribution in [0.25, 0.3) is 6.08 Å². The highest BCUT2D eigenvalue weighted by molar-refractivity contribution is 6.57. The largest absolute Gasteiger partial charge is 0.257 e. The zero-order valence-corrected chi connectivity index (χ0v) is 9.40. The van der Waals surface area contributed by atoms with Gasteiger partial charge in [-0.25, -0.2) is 4.39 Å². The Morgan fingerprint density at radius 3 is 2.57 bits per heavy atom. The Morgan fingerprint density at radius 1 is 1.50 bits per heavy atom. The van der Waals surface area contributed by atoms with Gasteiger partial charge in [0.25, 0.3) is 0 Å². The minimum Gasteiger partial charge on any atom is -0.257 e. The molecule has 76 valence electrons. The standard InChI is InChI=1S/C10H10Cl2FN/c1-6(2)10-8(13)3-7(5-14-10)4-9(11)12/h3-6H,1-2H3. The molecule has 0 unspecified atom stereocenters. The van der Waals surface area contributed by atoms with Gasteiger partial charge in [-0.1, -0.05) is 37.0 Å². The van der Waals surface area contributed by atoms with E-state index in [0.717, 1.165) is 0 Å². The van der Waals surface area contributed by atoms with E-state index in [4.69, 9.17) is 23.2 Å². The number of nitrogens with zero attached hydrogens (tertiary/aromatic N) is 1. The maximum atomic E-state index is 13.4. The highest BCUT2D eigenvalue weighted by Crippen LogP contribution is 2.19. The summed E-state index contributed by atoms with van der Waals surface area (Å²) in [5.41, 5.74) is 1.01. The Balaban J connectivity index is 3.07. The quantitative estimate of drug-likeness (QED) is 0.749. The Kier molecular flexibility index (Phi) is 3.90. The highest BCUT2D eigenvalue weighted by Gasteiger charge is 2.08. The van der Waals surface area contributed by atoms with E-state index < -0.39 is 0 Å². The van der Waals surface area contributed by atoms with E-state index in [1.54, 1.807) is 6.20 Å². The lowest BCUT2D eigenvalue weighted by molar-refractivity contribution is 0.584. The van der Waals surface area contributed by atoms with Gasteiger partial charge in [0, 0.05) is 6.20 Å². The van der Waals surface area contributed by atoms with E-state index in [1.165, 1.54) is 12.1 Å². The second-order valence-electron chi connectivity index (χ2n) is 3.22. The van der Waals surface area contributed by atoms with Gasteiger partial charge >= 0.3 is 0 Å². The SMILES string of the molecule is CC(C)c1ncc(C=C(Cl)Cl)cc1F. The van der Waals surface area contributed by atoms with Crippen LogP contribution in [0, 0.1) is 5.82 Å². The van der Waals surface area contributed by atoms with E-state index in [2.05, 4.69) is 4.98 Å². The molecule has 0 saturated carbocycles. The van der Waals surface area contributed by atoms with Crippen molar-refractivity contribution in [2.24, 2.45) is 0 Å². The van der Waals surface area contributed by atoms with Crippen LogP contribution in [0.15, 0.2) is 16.8 Å². The first kappa shape index (κ1) is 11.5. The van der Waals surface area contributed by atoms with Crippen molar-refractivity contribution in [3.8, 4) is 0 Å². The average Bonchev–Trinajstić information content (AvgIpc) is 2.01. The van der Waals surface area contributed by atoms with Gasteiger partial charge in [0.05, 0.1) is 5.69 Å². The summed E-state index contributed by atoms with van der Waals surface area (Å²) in [4.78, 5) is 3.99. The summed E-state index contributed by atoms with van der Waals surface area (Å²) in [7, 11) is 0. The summed E-state index contributed by atoms with van der Waals surface area (Å²) >= 11 is 10.9. The van der Waals surface area contributed by atoms with Gasteiger partial charge in [-0.3, -0.25) is 4.98 Å². The minimum absolute atomic E-state index is 0.0690. The Labute approximate surface area is 92.6 Å². The smallest absolute Gasteiger partial charge is 0.145 e. The van der Waals surface area contributed by atoms with Crippen molar-refractivity contribution in [2.45, 2.75) is 19.8 Å². The first-order chi connectivity index (χ1) is 6.50. The fourth-order valence-electron chi connectivity index (χ4n) is 1.09. The van der Waals surface area contributed by atoms with Gasteiger partial charge in [0.1, 0.15) is 10.3 Å². The van der Waals surface area contributed by atoms with Crippen molar-refractivity contribution >= 4 is 29.3 Å². The molecule has 0 N–H and O–H groups in total. The molecule has 4 heteroatoms. The van der Waals surface area contributed by atoms with Crippen molar-refractivity contribution in [3.63, 3.8) is 0 Å². The topological polar surface area (TPSA) is 12.9 Å². The number of hydrogen-bond donors (Lipinski definition) is 0. The van der Waals surface area contributed by atoms with Crippen LogP contribution in [0.3, 0.4) is 0 Å². The van der Waals surface area contributed by atoms with E-state index >= 15 is 0 Å². The zero-order chi connectivity index (χ0) is 10.7. The Morgan fingerprint density at radius 2 is 2.14 bits per heavy atom. The van der Waals surface area contributed by atoms with Crippen LogP contribution in [0.5, 0.6) is 0 Å². The van der Waals surface area contributed by atoms with Gasteiger partial charge in [0.15, 0.2) is 0 Å². The number of aromatic nitrogens is 1. The zero-order valence-electron chi connectivity index (χ0n) is 7.89. The molecule has 1 rings (SSSR count). The highest BCUT2D eigenvalue weighted by atomic mass is 35.5. The summed E-state index contributed by atoms with van der Waals surface area (Å²) in [6, 6.07) is 1.37. The predicted octanol–water partition coefficient (Wildman–Crippen LogP) is 4.12. The Hall–Kier alpha value is -0.600. The van der Waals surface area contributed by atoms with E-state index in [9.17, 15) is 4.39 Å². The molecule has 0 fully saturated rings. The van der Waals surface area contributed by atoms with Gasteiger partial charge in [-0.15, -0.1) is 0 Å². The van der Waals surface area contributed by atoms with Crippen LogP contribution in [0.4, 0.5) is 4.39 Å². The fourth-order valence-corrected chi connectivity index (χ4v) is 1.35. The third kappa shape index (κ3) is 2.96. The van der Waals surface area contributed by atoms with Crippen LogP contribution in [-0.4, -0.2) is 4.98 Å². The molecule has 0 aliphatic heterocycles. The van der Waals surface area contributed by atoms with Gasteiger partial charge in [0.2, 0.25) is 0 Å². The fraction of sp³-hybridized carbons (Fsp3) is 0.300. The number of halogens is 3. The normalized spacial score (nSPS) is 10.4. The lowest BCUT2D eigenvalue weighted by Crippen LogP contribution is -1.97. The molecule has 0 aliphatic carbocycles. The molecule has 0 radical (unpaired) electrons. The number of hydrogen-bond acceptors (Lipinski definition) is 1. The van der Waals surface area contributed by atoms with Crippen molar-refractivity contribution in [1.29, 1.82) is 0 Å². The van der Waals surface area contributed by atoms with E-state index in [-0.39, 0.29) is 16.2 Å². The minimum atomic E-state index is -0.330. The second kappa shape index (κ2) is 4.76. The summed E-state index contributed by atoms with van der Waals surface area (Å²) in [5.74, 6) is -0.261. The molecule has 0 atom stereocenters. The van der Waals surface area contributed by atoms with Crippen molar-refractivity contribution < 1.29 is 4.39 Å². The molecule has 14 heavy (non-hydrogen) atoms. The molecule has 0 amide bonds. The molecular weight excluding hydrogens is 224 g/mol. The average molecular weight is 234 g/mol. The second-order valence-corrected chi connectivity index (χ2v) is 4.23. The first-order valence-corrected chi connectivity index (χ1v) is 4.94. The molecule has 0 aliphatic rings. The molecule has 1 aromatic rings. The molecule has 1 heterocycles. The van der Waals surface area contributed by atoms with Crippen molar-refractivity contribution in [3.05, 3.63) is 33.8 Å². The summed E-state index contributed by atoms with van der Waals surface area (Å²) in [6.45, 7) is 3.77. The maximum Gasteiger partial charge on any atom is 0.145 e. The summed E-state index contributed by atoms with van der Waals surface area (Å²) in [5, 5.41) is 0. The monoisotopic (exact) mass is 233 g/mol. The van der Waals surface area contributed by atoms with Crippen LogP contribution < -0.4 is 0 Å². The third-order valence-electron chi connectivity index (χ3n) is 1.71. The van der Waals surface area contributed by atoms with Crippen LogP contribution >= 0.6 is 23.2 Å². The predicted molar refractivity (Wildman–Crippen MR) is 58.0 cm³/mol. The number of pyridine rings is 1. The van der Waals surface area contributed by atoms with Gasteiger partial charge in [-0.2, -0.15) is 0 Å². The molecule has 0 aromatic carbocycles. The lowest BCUT2D eigenvalue weighted by atomic mass is 10.1. The lowest BCUT2D eigenvalue weighted by Gasteiger charge is -2.05. The summed E-state index contributed by atoms with van der Waals surface area (Å²) in [6.07, 6.45) is 2.99. The number of rotatable bonds is 2. The van der Waals surface area contributed by atoms with Crippen molar-refractivity contribution in [2.75, 3.05) is 0 Å². The van der Waals surface area contributed by atoms with Crippen molar-refractivity contribution in [1.82, 2.24) is 4.98 Å². The Bertz CT molecular complexity index is 357. The van der Waals surface area contributed by atoms with E-state index in [0.29, 0.717) is 11.3 Å². The van der Waals surface area contributed by atoms with Crippen LogP contribution in [0.2, 0.25) is 0 Å². The van der Waals surface area contributed by atoms with Crippen LogP contribution in [0.1, 0.15) is 31.0 Å². The molecule has 0 bridgehead atoms. The first-order valence-electron chi connectivity index (χ1n) is 4.19. The van der Waals surface area contributed by atoms with Gasteiger partial charge in [-0.05, 0) is 23.6 Å². The molecule has 1 aromatic heterocycles. The molecular formula is C10H10Cl2FN. The molecule has 0 saturated heterocycles. The molecule has 1 nitrogen and oxygen atoms in total. The van der Waals surface area contributed by atoms with Crippen LogP contribution in [-0.2, 0) is 0 Å². The molecule has 0 spiro atoms. The maximum absolute atomic E-state index is 13.4. The van der Waals surface area contributed by atoms with E-state index in [1.807, 2.05) is 13.8 Å². The van der Waals surface area contributed by atoms with Gasteiger partial charge < -0.3 is 0 Å².